The van der Waals surface area contributed by atoms with E-state index in [0.717, 1.165) is 12.8 Å². The standard InChI is InChI=1S/C18H23N3O4/c1-3-6-15-20-17(25-21-15)10-5-9-16(22)19-14-8-4-7-13(11-14)12(2)18(23)24/h4,7-8,11-12H,3,5-6,9-10H2,1-2H3,(H,19,22)(H,23,24). The minimum absolute atomic E-state index is 0.131. The van der Waals surface area contributed by atoms with Crippen LogP contribution in [-0.2, 0) is 22.4 Å². The number of hydrogen-bond acceptors (Lipinski definition) is 5. The zero-order chi connectivity index (χ0) is 18.2. The zero-order valence-electron chi connectivity index (χ0n) is 14.5. The number of carbonyl (C=O) groups excluding carboxylic acids is 1. The predicted molar refractivity (Wildman–Crippen MR) is 92.4 cm³/mol. The number of nitrogens with one attached hydrogen (secondary N) is 1. The van der Waals surface area contributed by atoms with Gasteiger partial charge in [-0.3, -0.25) is 9.59 Å². The molecule has 7 nitrogen and oxygen atoms in total. The second-order valence-electron chi connectivity index (χ2n) is 5.94. The van der Waals surface area contributed by atoms with Crippen molar-refractivity contribution in [3.05, 3.63) is 41.5 Å². The summed E-state index contributed by atoms with van der Waals surface area (Å²) < 4.78 is 5.13. The maximum Gasteiger partial charge on any atom is 0.310 e. The van der Waals surface area contributed by atoms with Crippen LogP contribution in [0.1, 0.15) is 56.3 Å². The fourth-order valence-corrected chi connectivity index (χ4v) is 2.37. The van der Waals surface area contributed by atoms with Crippen molar-refractivity contribution in [1.82, 2.24) is 10.1 Å². The lowest BCUT2D eigenvalue weighted by Crippen LogP contribution is -2.13. The highest BCUT2D eigenvalue weighted by Gasteiger charge is 2.14. The maximum atomic E-state index is 12.0. The van der Waals surface area contributed by atoms with Crippen molar-refractivity contribution in [3.63, 3.8) is 0 Å². The summed E-state index contributed by atoms with van der Waals surface area (Å²) in [7, 11) is 0. The number of anilines is 1. The van der Waals surface area contributed by atoms with Gasteiger partial charge in [-0.15, -0.1) is 0 Å². The molecule has 0 aliphatic carbocycles. The van der Waals surface area contributed by atoms with Crippen LogP contribution in [0.25, 0.3) is 0 Å². The Kier molecular flexibility index (Phi) is 6.68. The summed E-state index contributed by atoms with van der Waals surface area (Å²) in [5.41, 5.74) is 1.25. The number of nitrogens with zero attached hydrogens (tertiary/aromatic N) is 2. The van der Waals surface area contributed by atoms with E-state index in [2.05, 4.69) is 15.5 Å². The molecule has 2 rings (SSSR count). The number of carboxylic acids is 1. The van der Waals surface area contributed by atoms with Gasteiger partial charge in [0.15, 0.2) is 5.82 Å². The number of rotatable bonds is 9. The van der Waals surface area contributed by atoms with Crippen LogP contribution >= 0.6 is 0 Å². The highest BCUT2D eigenvalue weighted by molar-refractivity contribution is 5.91. The predicted octanol–water partition coefficient (Wildman–Crippen LogP) is 3.17. The normalized spacial score (nSPS) is 11.9. The van der Waals surface area contributed by atoms with E-state index in [1.165, 1.54) is 0 Å². The summed E-state index contributed by atoms with van der Waals surface area (Å²) in [6, 6.07) is 6.90. The number of hydrogen-bond donors (Lipinski definition) is 2. The number of aromatic nitrogens is 2. The third kappa shape index (κ3) is 5.70. The SMILES string of the molecule is CCCc1noc(CCCC(=O)Nc2cccc(C(C)C(=O)O)c2)n1. The van der Waals surface area contributed by atoms with Crippen molar-refractivity contribution in [2.75, 3.05) is 5.32 Å². The molecular formula is C18H23N3O4. The van der Waals surface area contributed by atoms with Gasteiger partial charge in [0, 0.05) is 24.9 Å². The van der Waals surface area contributed by atoms with E-state index in [1.54, 1.807) is 31.2 Å². The Labute approximate surface area is 146 Å². The highest BCUT2D eigenvalue weighted by Crippen LogP contribution is 2.19. The van der Waals surface area contributed by atoms with Gasteiger partial charge in [-0.05, 0) is 37.5 Å². The van der Waals surface area contributed by atoms with Gasteiger partial charge in [-0.2, -0.15) is 4.98 Å². The van der Waals surface area contributed by atoms with Crippen molar-refractivity contribution in [2.45, 2.75) is 51.9 Å². The molecule has 1 heterocycles. The van der Waals surface area contributed by atoms with Crippen LogP contribution in [0.5, 0.6) is 0 Å². The van der Waals surface area contributed by atoms with E-state index in [0.29, 0.717) is 42.2 Å². The van der Waals surface area contributed by atoms with Crippen molar-refractivity contribution in [3.8, 4) is 0 Å². The summed E-state index contributed by atoms with van der Waals surface area (Å²) in [5, 5.41) is 15.7. The summed E-state index contributed by atoms with van der Waals surface area (Å²) in [5.74, 6) is -0.398. The van der Waals surface area contributed by atoms with Crippen molar-refractivity contribution in [1.29, 1.82) is 0 Å². The lowest BCUT2D eigenvalue weighted by atomic mass is 10.0. The van der Waals surface area contributed by atoms with Gasteiger partial charge in [-0.25, -0.2) is 0 Å². The maximum absolute atomic E-state index is 12.0. The quantitative estimate of drug-likeness (QED) is 0.723. The Hall–Kier alpha value is -2.70. The van der Waals surface area contributed by atoms with Gasteiger partial charge in [0.05, 0.1) is 5.92 Å². The van der Waals surface area contributed by atoms with Gasteiger partial charge in [-0.1, -0.05) is 24.2 Å². The second kappa shape index (κ2) is 8.96. The average molecular weight is 345 g/mol. The molecule has 2 N–H and O–H groups in total. The van der Waals surface area contributed by atoms with Gasteiger partial charge >= 0.3 is 5.97 Å². The molecule has 0 spiro atoms. The Morgan fingerprint density at radius 3 is 2.84 bits per heavy atom. The van der Waals surface area contributed by atoms with E-state index < -0.39 is 11.9 Å². The number of carboxylic acid groups (broad SMARTS) is 1. The first-order chi connectivity index (χ1) is 12.0. The van der Waals surface area contributed by atoms with E-state index in [9.17, 15) is 9.59 Å². The largest absolute Gasteiger partial charge is 0.481 e. The molecule has 2 aromatic rings. The first kappa shape index (κ1) is 18.6. The number of benzene rings is 1. The molecule has 0 fully saturated rings. The van der Waals surface area contributed by atoms with Gasteiger partial charge in [0.2, 0.25) is 11.8 Å². The number of aliphatic carboxylic acids is 1. The molecule has 1 atom stereocenters. The summed E-state index contributed by atoms with van der Waals surface area (Å²) in [6.45, 7) is 3.66. The Morgan fingerprint density at radius 1 is 1.32 bits per heavy atom. The Balaban J connectivity index is 1.81. The van der Waals surface area contributed by atoms with E-state index in [4.69, 9.17) is 9.63 Å². The van der Waals surface area contributed by atoms with Crippen LogP contribution in [0.2, 0.25) is 0 Å². The first-order valence-electron chi connectivity index (χ1n) is 8.43. The number of aryl methyl sites for hydroxylation is 2. The molecule has 0 aliphatic heterocycles. The summed E-state index contributed by atoms with van der Waals surface area (Å²) in [4.78, 5) is 27.3. The molecule has 1 aromatic carbocycles. The van der Waals surface area contributed by atoms with Crippen molar-refractivity contribution >= 4 is 17.6 Å². The Morgan fingerprint density at radius 2 is 2.12 bits per heavy atom. The van der Waals surface area contributed by atoms with E-state index in [1.807, 2.05) is 6.92 Å². The minimum atomic E-state index is -0.898. The van der Waals surface area contributed by atoms with Gasteiger partial charge in [0.1, 0.15) is 0 Å². The lowest BCUT2D eigenvalue weighted by Gasteiger charge is -2.10. The minimum Gasteiger partial charge on any atom is -0.481 e. The molecule has 0 saturated heterocycles. The molecule has 1 aromatic heterocycles. The number of carbonyl (C=O) groups is 2. The van der Waals surface area contributed by atoms with E-state index in [-0.39, 0.29) is 5.91 Å². The van der Waals surface area contributed by atoms with Crippen LogP contribution in [0.3, 0.4) is 0 Å². The third-order valence-electron chi connectivity index (χ3n) is 3.82. The van der Waals surface area contributed by atoms with Crippen molar-refractivity contribution < 1.29 is 19.2 Å². The van der Waals surface area contributed by atoms with Crippen molar-refractivity contribution in [2.24, 2.45) is 0 Å². The summed E-state index contributed by atoms with van der Waals surface area (Å²) in [6.07, 6.45) is 3.23. The molecule has 1 unspecified atom stereocenters. The van der Waals surface area contributed by atoms with Crippen LogP contribution in [0.4, 0.5) is 5.69 Å². The second-order valence-corrected chi connectivity index (χ2v) is 5.94. The molecular weight excluding hydrogens is 322 g/mol. The molecule has 0 saturated carbocycles. The lowest BCUT2D eigenvalue weighted by molar-refractivity contribution is -0.138. The molecule has 25 heavy (non-hydrogen) atoms. The zero-order valence-corrected chi connectivity index (χ0v) is 14.5. The van der Waals surface area contributed by atoms with Crippen LogP contribution in [0.15, 0.2) is 28.8 Å². The fourth-order valence-electron chi connectivity index (χ4n) is 2.37. The average Bonchev–Trinajstić information content (AvgIpc) is 3.02. The molecule has 7 heteroatoms. The van der Waals surface area contributed by atoms with Crippen LogP contribution in [0, 0.1) is 0 Å². The molecule has 0 radical (unpaired) electrons. The topological polar surface area (TPSA) is 105 Å². The monoisotopic (exact) mass is 345 g/mol. The smallest absolute Gasteiger partial charge is 0.310 e. The van der Waals surface area contributed by atoms with Gasteiger partial charge in [0.25, 0.3) is 0 Å². The third-order valence-corrected chi connectivity index (χ3v) is 3.82. The highest BCUT2D eigenvalue weighted by atomic mass is 16.5. The van der Waals surface area contributed by atoms with Gasteiger partial charge < -0.3 is 14.9 Å². The molecule has 0 aliphatic rings. The molecule has 1 amide bonds. The Bertz CT molecular complexity index is 727. The molecule has 134 valence electrons. The molecule has 0 bridgehead atoms. The summed E-state index contributed by atoms with van der Waals surface area (Å²) >= 11 is 0. The van der Waals surface area contributed by atoms with E-state index >= 15 is 0 Å². The first-order valence-corrected chi connectivity index (χ1v) is 8.43. The van der Waals surface area contributed by atoms with Crippen LogP contribution < -0.4 is 5.32 Å². The number of amides is 1. The fraction of sp³-hybridized carbons (Fsp3) is 0.444. The van der Waals surface area contributed by atoms with Crippen LogP contribution in [-0.4, -0.2) is 27.1 Å².